The lowest BCUT2D eigenvalue weighted by Crippen LogP contribution is -2.23. The van der Waals surface area contributed by atoms with E-state index in [0.717, 1.165) is 12.1 Å². The van der Waals surface area contributed by atoms with Crippen LogP contribution in [0.2, 0.25) is 0 Å². The molecule has 1 aromatic heterocycles. The number of anilines is 1. The summed E-state index contributed by atoms with van der Waals surface area (Å²) in [7, 11) is 0. The molecule has 112 valence electrons. The van der Waals surface area contributed by atoms with Crippen LogP contribution < -0.4 is 5.73 Å². The molecule has 1 fully saturated rings. The number of hydrogen-bond donors (Lipinski definition) is 1. The van der Waals surface area contributed by atoms with Crippen LogP contribution in [-0.4, -0.2) is 20.2 Å². The van der Waals surface area contributed by atoms with E-state index in [4.69, 9.17) is 5.73 Å². The first-order chi connectivity index (χ1) is 10.1. The summed E-state index contributed by atoms with van der Waals surface area (Å²) in [4.78, 5) is 0. The van der Waals surface area contributed by atoms with Crippen molar-refractivity contribution in [2.75, 3.05) is 5.73 Å². The number of nitrogen functional groups attached to an aromatic ring is 1. The molecule has 5 nitrogen and oxygen atoms in total. The Morgan fingerprint density at radius 3 is 2.90 bits per heavy atom. The van der Waals surface area contributed by atoms with E-state index in [1.165, 1.54) is 31.7 Å². The summed E-state index contributed by atoms with van der Waals surface area (Å²) in [5.41, 5.74) is 6.50. The molecular formula is C15H20FN5. The van der Waals surface area contributed by atoms with E-state index < -0.39 is 5.82 Å². The van der Waals surface area contributed by atoms with Gasteiger partial charge in [-0.3, -0.25) is 0 Å². The second-order valence-corrected chi connectivity index (χ2v) is 5.94. The maximum atomic E-state index is 13.3. The first-order valence-electron chi connectivity index (χ1n) is 7.46. The zero-order chi connectivity index (χ0) is 14.8. The Labute approximate surface area is 123 Å². The molecule has 2 unspecified atom stereocenters. The second-order valence-electron chi connectivity index (χ2n) is 5.94. The minimum Gasteiger partial charge on any atom is -0.396 e. The highest BCUT2D eigenvalue weighted by atomic mass is 19.1. The van der Waals surface area contributed by atoms with E-state index in [2.05, 4.69) is 22.4 Å². The molecule has 0 spiro atoms. The molecule has 2 N–H and O–H groups in total. The third-order valence-electron chi connectivity index (χ3n) is 4.48. The molecule has 0 amide bonds. The van der Waals surface area contributed by atoms with Crippen LogP contribution in [-0.2, 0) is 6.54 Å². The Hall–Kier alpha value is -1.98. The van der Waals surface area contributed by atoms with Crippen molar-refractivity contribution in [1.82, 2.24) is 20.2 Å². The molecule has 6 heteroatoms. The van der Waals surface area contributed by atoms with Crippen molar-refractivity contribution in [3.05, 3.63) is 24.0 Å². The minimum absolute atomic E-state index is 0.119. The van der Waals surface area contributed by atoms with Crippen LogP contribution in [0.4, 0.5) is 10.1 Å². The van der Waals surface area contributed by atoms with E-state index in [0.29, 0.717) is 17.7 Å². The molecule has 1 aromatic carbocycles. The quantitative estimate of drug-likeness (QED) is 0.882. The summed E-state index contributed by atoms with van der Waals surface area (Å²) >= 11 is 0. The molecule has 0 radical (unpaired) electrons. The zero-order valence-corrected chi connectivity index (χ0v) is 12.2. The van der Waals surface area contributed by atoms with Crippen LogP contribution in [0.25, 0.3) is 11.4 Å². The molecule has 1 aliphatic carbocycles. The van der Waals surface area contributed by atoms with Gasteiger partial charge in [-0.25, -0.2) is 9.07 Å². The van der Waals surface area contributed by atoms with Crippen molar-refractivity contribution in [1.29, 1.82) is 0 Å². The van der Waals surface area contributed by atoms with Gasteiger partial charge in [-0.15, -0.1) is 5.10 Å². The summed E-state index contributed by atoms with van der Waals surface area (Å²) in [5, 5.41) is 11.9. The molecule has 2 aromatic rings. The van der Waals surface area contributed by atoms with Crippen LogP contribution in [0.3, 0.4) is 0 Å². The fourth-order valence-corrected chi connectivity index (χ4v) is 3.10. The van der Waals surface area contributed by atoms with Gasteiger partial charge in [0.05, 0.1) is 5.69 Å². The standard InChI is InChI=1S/C15H20FN5/c1-10-4-2-3-5-12(10)9-21-15(18-19-20-21)11-6-7-13(16)14(17)8-11/h6-8,10,12H,2-5,9,17H2,1H3. The highest BCUT2D eigenvalue weighted by Crippen LogP contribution is 2.31. The van der Waals surface area contributed by atoms with Crippen LogP contribution >= 0.6 is 0 Å². The van der Waals surface area contributed by atoms with Gasteiger partial charge in [-0.1, -0.05) is 26.2 Å². The topological polar surface area (TPSA) is 69.6 Å². The van der Waals surface area contributed by atoms with Gasteiger partial charge in [-0.2, -0.15) is 0 Å². The van der Waals surface area contributed by atoms with Gasteiger partial charge in [0, 0.05) is 12.1 Å². The van der Waals surface area contributed by atoms with Gasteiger partial charge in [0.25, 0.3) is 0 Å². The summed E-state index contributed by atoms with van der Waals surface area (Å²) in [5.74, 6) is 1.52. The fourth-order valence-electron chi connectivity index (χ4n) is 3.10. The largest absolute Gasteiger partial charge is 0.396 e. The molecule has 2 atom stereocenters. The minimum atomic E-state index is -0.418. The van der Waals surface area contributed by atoms with Crippen molar-refractivity contribution >= 4 is 5.69 Å². The second kappa shape index (κ2) is 5.79. The third-order valence-corrected chi connectivity index (χ3v) is 4.48. The van der Waals surface area contributed by atoms with Crippen molar-refractivity contribution in [3.8, 4) is 11.4 Å². The van der Waals surface area contributed by atoms with Crippen molar-refractivity contribution in [2.24, 2.45) is 11.8 Å². The SMILES string of the molecule is CC1CCCCC1Cn1nnnc1-c1ccc(F)c(N)c1. The summed E-state index contributed by atoms with van der Waals surface area (Å²) in [6.07, 6.45) is 5.07. The first-order valence-corrected chi connectivity index (χ1v) is 7.46. The third kappa shape index (κ3) is 2.89. The van der Waals surface area contributed by atoms with Crippen molar-refractivity contribution in [2.45, 2.75) is 39.2 Å². The molecule has 21 heavy (non-hydrogen) atoms. The van der Waals surface area contributed by atoms with Crippen molar-refractivity contribution in [3.63, 3.8) is 0 Å². The smallest absolute Gasteiger partial charge is 0.182 e. The maximum absolute atomic E-state index is 13.3. The van der Waals surface area contributed by atoms with Gasteiger partial charge in [0.1, 0.15) is 5.82 Å². The average Bonchev–Trinajstić information content (AvgIpc) is 2.93. The van der Waals surface area contributed by atoms with Crippen LogP contribution in [0.15, 0.2) is 18.2 Å². The predicted molar refractivity (Wildman–Crippen MR) is 78.7 cm³/mol. The summed E-state index contributed by atoms with van der Waals surface area (Å²) in [6, 6.07) is 4.60. The Bertz CT molecular complexity index is 624. The lowest BCUT2D eigenvalue weighted by molar-refractivity contribution is 0.221. The van der Waals surface area contributed by atoms with Gasteiger partial charge in [0.15, 0.2) is 5.82 Å². The summed E-state index contributed by atoms with van der Waals surface area (Å²) in [6.45, 7) is 3.10. The maximum Gasteiger partial charge on any atom is 0.182 e. The van der Waals surface area contributed by atoms with E-state index >= 15 is 0 Å². The number of halogens is 1. The van der Waals surface area contributed by atoms with Crippen molar-refractivity contribution < 1.29 is 4.39 Å². The van der Waals surface area contributed by atoms with Gasteiger partial charge in [0.2, 0.25) is 0 Å². The number of hydrogen-bond acceptors (Lipinski definition) is 4. The normalized spacial score (nSPS) is 22.4. The van der Waals surface area contributed by atoms with E-state index in [1.54, 1.807) is 12.1 Å². The molecule has 1 heterocycles. The van der Waals surface area contributed by atoms with Crippen LogP contribution in [0.5, 0.6) is 0 Å². The fraction of sp³-hybridized carbons (Fsp3) is 0.533. The number of rotatable bonds is 3. The molecule has 1 saturated carbocycles. The number of aromatic nitrogens is 4. The van der Waals surface area contributed by atoms with Crippen LogP contribution in [0, 0.1) is 17.7 Å². The summed E-state index contributed by atoms with van der Waals surface area (Å²) < 4.78 is 15.1. The number of benzene rings is 1. The van der Waals surface area contributed by atoms with Gasteiger partial charge < -0.3 is 5.73 Å². The van der Waals surface area contributed by atoms with Gasteiger partial charge in [-0.05, 0) is 46.9 Å². The molecular weight excluding hydrogens is 269 g/mol. The Kier molecular flexibility index (Phi) is 3.86. The van der Waals surface area contributed by atoms with E-state index in [-0.39, 0.29) is 5.69 Å². The van der Waals surface area contributed by atoms with Gasteiger partial charge >= 0.3 is 0 Å². The highest BCUT2D eigenvalue weighted by Gasteiger charge is 2.23. The average molecular weight is 289 g/mol. The molecule has 3 rings (SSSR count). The monoisotopic (exact) mass is 289 g/mol. The van der Waals surface area contributed by atoms with E-state index in [1.807, 2.05) is 4.68 Å². The first kappa shape index (κ1) is 14.0. The molecule has 1 aliphatic rings. The Balaban J connectivity index is 1.84. The zero-order valence-electron chi connectivity index (χ0n) is 12.2. The lowest BCUT2D eigenvalue weighted by Gasteiger charge is -2.28. The molecule has 0 bridgehead atoms. The predicted octanol–water partition coefficient (Wildman–Crippen LogP) is 2.89. The molecule has 0 saturated heterocycles. The number of nitrogens with zero attached hydrogens (tertiary/aromatic N) is 4. The molecule has 0 aliphatic heterocycles. The van der Waals surface area contributed by atoms with E-state index in [9.17, 15) is 4.39 Å². The number of nitrogens with two attached hydrogens (primary N) is 1. The lowest BCUT2D eigenvalue weighted by atomic mass is 9.80. The van der Waals surface area contributed by atoms with Crippen LogP contribution in [0.1, 0.15) is 32.6 Å². The highest BCUT2D eigenvalue weighted by molar-refractivity contribution is 5.61. The Morgan fingerprint density at radius 1 is 1.33 bits per heavy atom. The Morgan fingerprint density at radius 2 is 2.14 bits per heavy atom. The number of tetrazole rings is 1.